The molecule has 7 heteroatoms. The van der Waals surface area contributed by atoms with Crippen LogP contribution in [0.5, 0.6) is 0 Å². The number of rotatable bonds is 3. The number of benzene rings is 1. The van der Waals surface area contributed by atoms with Crippen LogP contribution in [-0.2, 0) is 10.0 Å². The molecule has 1 aliphatic rings. The highest BCUT2D eigenvalue weighted by atomic mass is 32.2. The van der Waals surface area contributed by atoms with Gasteiger partial charge >= 0.3 is 0 Å². The largest absolute Gasteiger partial charge is 0.245 e. The van der Waals surface area contributed by atoms with Crippen LogP contribution in [-0.4, -0.2) is 29.2 Å². The molecule has 2 heterocycles. The van der Waals surface area contributed by atoms with Gasteiger partial charge in [0.05, 0.1) is 16.6 Å². The molecule has 0 amide bonds. The quantitative estimate of drug-likeness (QED) is 0.871. The Balaban J connectivity index is 1.96. The van der Waals surface area contributed by atoms with Crippen LogP contribution in [0.2, 0.25) is 0 Å². The topological polar surface area (TPSA) is 63.2 Å². The van der Waals surface area contributed by atoms with E-state index in [-0.39, 0.29) is 10.9 Å². The Morgan fingerprint density at radius 3 is 2.62 bits per heavy atom. The van der Waals surface area contributed by atoms with Crippen molar-refractivity contribution in [2.75, 3.05) is 6.54 Å². The van der Waals surface area contributed by atoms with E-state index >= 15 is 0 Å². The van der Waals surface area contributed by atoms with Crippen LogP contribution in [0.4, 0.5) is 4.39 Å². The third kappa shape index (κ3) is 2.66. The van der Waals surface area contributed by atoms with E-state index in [9.17, 15) is 12.8 Å². The predicted octanol–water partition coefficient (Wildman–Crippen LogP) is 2.14. The zero-order valence-corrected chi connectivity index (χ0v) is 12.0. The molecule has 5 nitrogen and oxygen atoms in total. The molecule has 0 spiro atoms. The number of halogens is 1. The normalized spacial score (nSPS) is 19.8. The highest BCUT2D eigenvalue weighted by Crippen LogP contribution is 2.35. The van der Waals surface area contributed by atoms with E-state index in [1.54, 1.807) is 12.3 Å². The first kappa shape index (κ1) is 14.1. The van der Waals surface area contributed by atoms with Gasteiger partial charge in [0.1, 0.15) is 12.1 Å². The molecule has 0 aliphatic carbocycles. The van der Waals surface area contributed by atoms with Gasteiger partial charge in [0.25, 0.3) is 0 Å². The maximum Gasteiger partial charge on any atom is 0.243 e. The zero-order chi connectivity index (χ0) is 14.9. The van der Waals surface area contributed by atoms with E-state index < -0.39 is 15.8 Å². The summed E-state index contributed by atoms with van der Waals surface area (Å²) in [5, 5.41) is 0. The molecular weight excluding hydrogens is 293 g/mol. The summed E-state index contributed by atoms with van der Waals surface area (Å²) in [7, 11) is -3.65. The van der Waals surface area contributed by atoms with E-state index in [0.29, 0.717) is 12.2 Å². The summed E-state index contributed by atoms with van der Waals surface area (Å²) >= 11 is 0. The summed E-state index contributed by atoms with van der Waals surface area (Å²) in [6.07, 6.45) is 4.51. The van der Waals surface area contributed by atoms with Gasteiger partial charge in [-0.2, -0.15) is 4.31 Å². The van der Waals surface area contributed by atoms with Crippen LogP contribution in [0.15, 0.2) is 47.8 Å². The molecule has 1 aromatic heterocycles. The van der Waals surface area contributed by atoms with Crippen LogP contribution in [0.25, 0.3) is 0 Å². The van der Waals surface area contributed by atoms with E-state index in [2.05, 4.69) is 9.97 Å². The lowest BCUT2D eigenvalue weighted by Gasteiger charge is -2.23. The van der Waals surface area contributed by atoms with Crippen LogP contribution in [0, 0.1) is 5.82 Å². The Morgan fingerprint density at radius 1 is 1.19 bits per heavy atom. The first-order valence-electron chi connectivity index (χ1n) is 6.62. The lowest BCUT2D eigenvalue weighted by molar-refractivity contribution is 0.390. The second kappa shape index (κ2) is 5.50. The number of aromatic nitrogens is 2. The molecule has 110 valence electrons. The zero-order valence-electron chi connectivity index (χ0n) is 11.2. The Labute approximate surface area is 122 Å². The number of sulfonamides is 1. The molecule has 1 aromatic carbocycles. The molecule has 0 bridgehead atoms. The van der Waals surface area contributed by atoms with Gasteiger partial charge in [0.2, 0.25) is 10.0 Å². The van der Waals surface area contributed by atoms with E-state index in [0.717, 1.165) is 25.0 Å². The second-order valence-corrected chi connectivity index (χ2v) is 6.75. The van der Waals surface area contributed by atoms with Crippen molar-refractivity contribution in [2.24, 2.45) is 0 Å². The van der Waals surface area contributed by atoms with E-state index in [4.69, 9.17) is 0 Å². The fraction of sp³-hybridized carbons (Fsp3) is 0.286. The van der Waals surface area contributed by atoms with Crippen molar-refractivity contribution in [3.8, 4) is 0 Å². The minimum atomic E-state index is -3.65. The third-order valence-electron chi connectivity index (χ3n) is 3.57. The standard InChI is InChI=1S/C14H14FN3O2S/c15-11-3-5-12(6-4-11)21(19,20)18-9-1-2-14(18)13-7-8-16-10-17-13/h3-8,10,14H,1-2,9H2/t14-/m0/s1. The van der Waals surface area contributed by atoms with Gasteiger partial charge in [-0.15, -0.1) is 0 Å². The molecule has 2 aromatic rings. The maximum absolute atomic E-state index is 13.0. The van der Waals surface area contributed by atoms with Gasteiger partial charge in [-0.1, -0.05) is 0 Å². The number of hydrogen-bond donors (Lipinski definition) is 0. The number of nitrogens with zero attached hydrogens (tertiary/aromatic N) is 3. The molecule has 1 aliphatic heterocycles. The highest BCUT2D eigenvalue weighted by Gasteiger charge is 2.36. The molecule has 1 fully saturated rings. The summed E-state index contributed by atoms with van der Waals surface area (Å²) < 4.78 is 39.8. The Bertz CT molecular complexity index is 720. The third-order valence-corrected chi connectivity index (χ3v) is 5.49. The fourth-order valence-electron chi connectivity index (χ4n) is 2.56. The number of hydrogen-bond acceptors (Lipinski definition) is 4. The monoisotopic (exact) mass is 307 g/mol. The van der Waals surface area contributed by atoms with Gasteiger partial charge in [0, 0.05) is 12.7 Å². The molecule has 21 heavy (non-hydrogen) atoms. The van der Waals surface area contributed by atoms with E-state index in [1.165, 1.54) is 22.8 Å². The van der Waals surface area contributed by atoms with Crippen molar-refractivity contribution in [2.45, 2.75) is 23.8 Å². The predicted molar refractivity (Wildman–Crippen MR) is 74.3 cm³/mol. The molecule has 0 N–H and O–H groups in total. The summed E-state index contributed by atoms with van der Waals surface area (Å²) in [4.78, 5) is 8.11. The SMILES string of the molecule is O=S(=O)(c1ccc(F)cc1)N1CCC[C@H]1c1ccncn1. The lowest BCUT2D eigenvalue weighted by Crippen LogP contribution is -2.31. The summed E-state index contributed by atoms with van der Waals surface area (Å²) in [5.41, 5.74) is 0.688. The fourth-order valence-corrected chi connectivity index (χ4v) is 4.23. The van der Waals surface area contributed by atoms with Gasteiger partial charge < -0.3 is 0 Å². The maximum atomic E-state index is 13.0. The van der Waals surface area contributed by atoms with Crippen LogP contribution >= 0.6 is 0 Å². The van der Waals surface area contributed by atoms with Crippen LogP contribution < -0.4 is 0 Å². The molecule has 0 radical (unpaired) electrons. The van der Waals surface area contributed by atoms with Crippen LogP contribution in [0.3, 0.4) is 0 Å². The molecule has 1 saturated heterocycles. The molecular formula is C14H14FN3O2S. The van der Waals surface area contributed by atoms with Crippen LogP contribution in [0.1, 0.15) is 24.6 Å². The molecule has 0 saturated carbocycles. The minimum absolute atomic E-state index is 0.102. The Hall–Kier alpha value is -1.86. The van der Waals surface area contributed by atoms with Crippen molar-refractivity contribution in [1.82, 2.24) is 14.3 Å². The summed E-state index contributed by atoms with van der Waals surface area (Å²) in [6.45, 7) is 0.439. The lowest BCUT2D eigenvalue weighted by atomic mass is 10.1. The molecule has 3 rings (SSSR count). The minimum Gasteiger partial charge on any atom is -0.245 e. The first-order valence-corrected chi connectivity index (χ1v) is 8.06. The average molecular weight is 307 g/mol. The summed E-state index contributed by atoms with van der Waals surface area (Å²) in [5.74, 6) is -0.456. The first-order chi connectivity index (χ1) is 10.1. The van der Waals surface area contributed by atoms with Crippen molar-refractivity contribution < 1.29 is 12.8 Å². The van der Waals surface area contributed by atoms with E-state index in [1.807, 2.05) is 0 Å². The van der Waals surface area contributed by atoms with Crippen molar-refractivity contribution in [3.05, 3.63) is 54.4 Å². The highest BCUT2D eigenvalue weighted by molar-refractivity contribution is 7.89. The van der Waals surface area contributed by atoms with Crippen molar-refractivity contribution >= 4 is 10.0 Å². The van der Waals surface area contributed by atoms with Gasteiger partial charge in [-0.05, 0) is 43.2 Å². The van der Waals surface area contributed by atoms with Gasteiger partial charge in [-0.25, -0.2) is 22.8 Å². The molecule has 0 unspecified atom stereocenters. The summed E-state index contributed by atoms with van der Waals surface area (Å²) in [6, 6.07) is 6.33. The Kier molecular flexibility index (Phi) is 3.69. The average Bonchev–Trinajstić information content (AvgIpc) is 2.99. The second-order valence-electron chi connectivity index (χ2n) is 4.86. The smallest absolute Gasteiger partial charge is 0.243 e. The Morgan fingerprint density at radius 2 is 1.95 bits per heavy atom. The van der Waals surface area contributed by atoms with Crippen molar-refractivity contribution in [3.63, 3.8) is 0 Å². The van der Waals surface area contributed by atoms with Crippen molar-refractivity contribution in [1.29, 1.82) is 0 Å². The van der Waals surface area contributed by atoms with Gasteiger partial charge in [-0.3, -0.25) is 0 Å². The molecule has 1 atom stereocenters. The van der Waals surface area contributed by atoms with Gasteiger partial charge in [0.15, 0.2) is 0 Å².